The molecule has 1 atom stereocenters. The fourth-order valence-corrected chi connectivity index (χ4v) is 7.47. The van der Waals surface area contributed by atoms with Gasteiger partial charge in [-0.15, -0.1) is 0 Å². The SMILES string of the molecule is CC(C)COCC1=CC2(CCN(C(=O)OC(C)(C)C)CC2)Oc2ccccc21.CC(C)COCC1CC2(CCCCC2)Oc2ccccc21. The molecule has 7 heteroatoms. The first-order chi connectivity index (χ1) is 23.4. The zero-order valence-corrected chi connectivity index (χ0v) is 31.2. The molecule has 2 aromatic carbocycles. The van der Waals surface area contributed by atoms with E-state index in [1.54, 1.807) is 4.90 Å². The number of para-hydroxylation sites is 2. The average Bonchev–Trinajstić information content (AvgIpc) is 3.04. The maximum atomic E-state index is 12.4. The van der Waals surface area contributed by atoms with Crippen molar-refractivity contribution in [2.24, 2.45) is 11.8 Å². The molecular formula is C42H61NO6. The summed E-state index contributed by atoms with van der Waals surface area (Å²) in [6.07, 6.45) is 11.0. The molecule has 1 unspecified atom stereocenters. The van der Waals surface area contributed by atoms with E-state index in [-0.39, 0.29) is 17.3 Å². The maximum Gasteiger partial charge on any atom is 0.410 e. The van der Waals surface area contributed by atoms with Crippen LogP contribution in [0, 0.1) is 11.8 Å². The lowest BCUT2D eigenvalue weighted by atomic mass is 9.75. The molecule has 0 aromatic heterocycles. The van der Waals surface area contributed by atoms with E-state index in [4.69, 9.17) is 23.7 Å². The van der Waals surface area contributed by atoms with E-state index in [0.717, 1.165) is 56.1 Å². The highest BCUT2D eigenvalue weighted by atomic mass is 16.6. The molecule has 0 N–H and O–H groups in total. The van der Waals surface area contributed by atoms with Crippen LogP contribution in [0.1, 0.15) is 117 Å². The highest BCUT2D eigenvalue weighted by Gasteiger charge is 2.42. The fourth-order valence-electron chi connectivity index (χ4n) is 7.47. The van der Waals surface area contributed by atoms with Gasteiger partial charge in [0.05, 0.1) is 13.2 Å². The molecule has 270 valence electrons. The molecule has 4 aliphatic rings. The molecule has 3 aliphatic heterocycles. The van der Waals surface area contributed by atoms with E-state index < -0.39 is 5.60 Å². The zero-order valence-electron chi connectivity index (χ0n) is 31.2. The summed E-state index contributed by atoms with van der Waals surface area (Å²) in [6.45, 7) is 18.6. The van der Waals surface area contributed by atoms with Gasteiger partial charge in [0.15, 0.2) is 0 Å². The Hall–Kier alpha value is -3.03. The number of amides is 1. The number of hydrogen-bond donors (Lipinski definition) is 0. The van der Waals surface area contributed by atoms with Crippen LogP contribution in [-0.2, 0) is 14.2 Å². The number of rotatable bonds is 8. The normalized spacial score (nSPS) is 20.8. The Morgan fingerprint density at radius 1 is 0.837 bits per heavy atom. The third kappa shape index (κ3) is 10.3. The molecule has 3 heterocycles. The number of nitrogens with zero attached hydrogens (tertiary/aromatic N) is 1. The molecule has 1 aliphatic carbocycles. The Labute approximate surface area is 295 Å². The summed E-state index contributed by atoms with van der Waals surface area (Å²) in [7, 11) is 0. The Morgan fingerprint density at radius 2 is 1.47 bits per heavy atom. The molecule has 1 saturated carbocycles. The lowest BCUT2D eigenvalue weighted by molar-refractivity contribution is -0.0144. The van der Waals surface area contributed by atoms with Crippen LogP contribution in [0.2, 0.25) is 0 Å². The highest BCUT2D eigenvalue weighted by molar-refractivity contribution is 5.74. The Balaban J connectivity index is 0.000000199. The van der Waals surface area contributed by atoms with Gasteiger partial charge in [0.2, 0.25) is 0 Å². The molecule has 2 spiro atoms. The van der Waals surface area contributed by atoms with Gasteiger partial charge in [0, 0.05) is 50.6 Å². The summed E-state index contributed by atoms with van der Waals surface area (Å²) in [5.41, 5.74) is 2.84. The molecule has 2 fully saturated rings. The van der Waals surface area contributed by atoms with Crippen molar-refractivity contribution < 1.29 is 28.5 Å². The number of ether oxygens (including phenoxy) is 5. The van der Waals surface area contributed by atoms with Crippen LogP contribution in [0.15, 0.2) is 54.6 Å². The van der Waals surface area contributed by atoms with E-state index in [2.05, 4.69) is 64.1 Å². The molecule has 1 amide bonds. The first kappa shape index (κ1) is 37.2. The van der Waals surface area contributed by atoms with Crippen LogP contribution in [-0.4, -0.2) is 67.3 Å². The summed E-state index contributed by atoms with van der Waals surface area (Å²) >= 11 is 0. The zero-order chi connectivity index (χ0) is 35.1. The number of hydrogen-bond acceptors (Lipinski definition) is 6. The Morgan fingerprint density at radius 3 is 2.14 bits per heavy atom. The first-order valence-corrected chi connectivity index (χ1v) is 18.8. The summed E-state index contributed by atoms with van der Waals surface area (Å²) < 4.78 is 30.3. The lowest BCUT2D eigenvalue weighted by Crippen LogP contribution is -2.50. The second-order valence-electron chi connectivity index (χ2n) is 16.4. The Bertz CT molecular complexity index is 1390. The van der Waals surface area contributed by atoms with Crippen molar-refractivity contribution in [1.29, 1.82) is 0 Å². The van der Waals surface area contributed by atoms with Crippen LogP contribution in [0.4, 0.5) is 4.79 Å². The summed E-state index contributed by atoms with van der Waals surface area (Å²) in [5, 5.41) is 0. The minimum absolute atomic E-state index is 0.0818. The second kappa shape index (κ2) is 16.3. The second-order valence-corrected chi connectivity index (χ2v) is 16.4. The number of likely N-dealkylation sites (tertiary alicyclic amines) is 1. The van der Waals surface area contributed by atoms with Crippen molar-refractivity contribution in [1.82, 2.24) is 4.90 Å². The van der Waals surface area contributed by atoms with Crippen molar-refractivity contribution in [3.63, 3.8) is 0 Å². The van der Waals surface area contributed by atoms with Crippen LogP contribution in [0.3, 0.4) is 0 Å². The number of piperidine rings is 1. The predicted molar refractivity (Wildman–Crippen MR) is 196 cm³/mol. The largest absolute Gasteiger partial charge is 0.487 e. The minimum atomic E-state index is -0.479. The van der Waals surface area contributed by atoms with Crippen molar-refractivity contribution in [2.45, 2.75) is 123 Å². The maximum absolute atomic E-state index is 12.4. The van der Waals surface area contributed by atoms with Gasteiger partial charge in [-0.2, -0.15) is 0 Å². The van der Waals surface area contributed by atoms with Crippen LogP contribution in [0.25, 0.3) is 5.57 Å². The molecular weight excluding hydrogens is 614 g/mol. The van der Waals surface area contributed by atoms with Gasteiger partial charge < -0.3 is 28.6 Å². The highest BCUT2D eigenvalue weighted by Crippen LogP contribution is 2.47. The molecule has 0 radical (unpaired) electrons. The third-order valence-corrected chi connectivity index (χ3v) is 9.79. The number of benzene rings is 2. The monoisotopic (exact) mass is 675 g/mol. The minimum Gasteiger partial charge on any atom is -0.487 e. The first-order valence-electron chi connectivity index (χ1n) is 18.8. The smallest absolute Gasteiger partial charge is 0.410 e. The quantitative estimate of drug-likeness (QED) is 0.278. The van der Waals surface area contributed by atoms with E-state index in [1.165, 1.54) is 43.2 Å². The van der Waals surface area contributed by atoms with Crippen molar-refractivity contribution in [3.8, 4) is 11.5 Å². The van der Waals surface area contributed by atoms with Gasteiger partial charge in [-0.1, -0.05) is 70.5 Å². The van der Waals surface area contributed by atoms with E-state index >= 15 is 0 Å². The van der Waals surface area contributed by atoms with Gasteiger partial charge in [0.1, 0.15) is 28.3 Å². The number of carbonyl (C=O) groups is 1. The van der Waals surface area contributed by atoms with Crippen molar-refractivity contribution in [2.75, 3.05) is 39.5 Å². The van der Waals surface area contributed by atoms with Gasteiger partial charge in [0.25, 0.3) is 0 Å². The van der Waals surface area contributed by atoms with E-state index in [9.17, 15) is 4.79 Å². The Kier molecular flexibility index (Phi) is 12.4. The van der Waals surface area contributed by atoms with Crippen LogP contribution >= 0.6 is 0 Å². The van der Waals surface area contributed by atoms with Gasteiger partial charge in [-0.05, 0) is 94.1 Å². The molecule has 7 nitrogen and oxygen atoms in total. The van der Waals surface area contributed by atoms with Gasteiger partial charge in [-0.25, -0.2) is 4.79 Å². The molecule has 0 bridgehead atoms. The molecule has 2 aromatic rings. The number of fused-ring (bicyclic) bond motifs is 2. The summed E-state index contributed by atoms with van der Waals surface area (Å²) in [6, 6.07) is 16.7. The van der Waals surface area contributed by atoms with E-state index in [1.807, 2.05) is 39.0 Å². The lowest BCUT2D eigenvalue weighted by Gasteiger charge is -2.44. The summed E-state index contributed by atoms with van der Waals surface area (Å²) in [4.78, 5) is 14.2. The van der Waals surface area contributed by atoms with Crippen molar-refractivity contribution in [3.05, 3.63) is 65.7 Å². The van der Waals surface area contributed by atoms with Crippen LogP contribution < -0.4 is 9.47 Å². The van der Waals surface area contributed by atoms with E-state index in [0.29, 0.717) is 37.5 Å². The third-order valence-electron chi connectivity index (χ3n) is 9.79. The number of carbonyl (C=O) groups excluding carboxylic acids is 1. The molecule has 49 heavy (non-hydrogen) atoms. The van der Waals surface area contributed by atoms with Crippen molar-refractivity contribution >= 4 is 11.7 Å². The van der Waals surface area contributed by atoms with Gasteiger partial charge in [-0.3, -0.25) is 0 Å². The average molecular weight is 676 g/mol. The predicted octanol–water partition coefficient (Wildman–Crippen LogP) is 9.83. The topological polar surface area (TPSA) is 66.5 Å². The van der Waals surface area contributed by atoms with Crippen LogP contribution in [0.5, 0.6) is 11.5 Å². The summed E-state index contributed by atoms with van der Waals surface area (Å²) in [5.74, 6) is 3.60. The fraction of sp³-hybridized carbons (Fsp3) is 0.643. The molecule has 1 saturated heterocycles. The standard InChI is InChI=1S/C23H33NO4.C19H28O2/c1-17(2)15-26-16-18-14-23(27-20-9-7-6-8-19(18)20)10-12-24(13-11-23)21(25)28-22(3,4)5;1-15(2)13-20-14-16-12-19(10-6-3-7-11-19)21-18-9-5-4-8-17(16)18/h6-9,14,17H,10-13,15-16H2,1-5H3;4-5,8-9,15-16H,3,6-7,10-14H2,1-2H3. The molecule has 6 rings (SSSR count). The van der Waals surface area contributed by atoms with Gasteiger partial charge >= 0.3 is 6.09 Å².